The Balaban J connectivity index is 4.29. The van der Waals surface area contributed by atoms with Crippen LogP contribution in [0.25, 0.3) is 0 Å². The number of amides is 1. The predicted octanol–water partition coefficient (Wildman–Crippen LogP) is 0.785. The van der Waals surface area contributed by atoms with Gasteiger partial charge in [0.25, 0.3) is 0 Å². The van der Waals surface area contributed by atoms with Gasteiger partial charge in [0.2, 0.25) is 5.91 Å². The SMILES string of the molecule is CCOC(=O)C(CC)N(C)CC(=O)NC(C)C. The standard InChI is InChI=1S/C12H24N2O3/c1-6-10(12(16)17-7-2)14(5)8-11(15)13-9(3)4/h9-10H,6-8H2,1-5H3,(H,13,15). The van der Waals surface area contributed by atoms with Gasteiger partial charge in [-0.05, 0) is 34.2 Å². The van der Waals surface area contributed by atoms with E-state index >= 15 is 0 Å². The minimum absolute atomic E-state index is 0.0785. The molecule has 0 rings (SSSR count). The lowest BCUT2D eigenvalue weighted by Crippen LogP contribution is -2.45. The summed E-state index contributed by atoms with van der Waals surface area (Å²) in [5, 5.41) is 2.79. The van der Waals surface area contributed by atoms with Crippen molar-refractivity contribution in [1.29, 1.82) is 0 Å². The van der Waals surface area contributed by atoms with E-state index in [0.717, 1.165) is 0 Å². The summed E-state index contributed by atoms with van der Waals surface area (Å²) in [5.41, 5.74) is 0. The van der Waals surface area contributed by atoms with E-state index < -0.39 is 0 Å². The summed E-state index contributed by atoms with van der Waals surface area (Å²) >= 11 is 0. The average Bonchev–Trinajstić information content (AvgIpc) is 2.17. The molecular formula is C12H24N2O3. The van der Waals surface area contributed by atoms with Crippen LogP contribution >= 0.6 is 0 Å². The van der Waals surface area contributed by atoms with Crippen molar-refractivity contribution in [3.63, 3.8) is 0 Å². The highest BCUT2D eigenvalue weighted by atomic mass is 16.5. The van der Waals surface area contributed by atoms with E-state index in [9.17, 15) is 9.59 Å². The number of hydrogen-bond donors (Lipinski definition) is 1. The number of nitrogens with one attached hydrogen (secondary N) is 1. The second-order valence-corrected chi connectivity index (χ2v) is 4.31. The molecule has 0 bridgehead atoms. The van der Waals surface area contributed by atoms with E-state index in [4.69, 9.17) is 4.74 Å². The fourth-order valence-electron chi connectivity index (χ4n) is 1.60. The monoisotopic (exact) mass is 244 g/mol. The quantitative estimate of drug-likeness (QED) is 0.673. The molecule has 5 nitrogen and oxygen atoms in total. The predicted molar refractivity (Wildman–Crippen MR) is 66.6 cm³/mol. The third-order valence-electron chi connectivity index (χ3n) is 2.32. The van der Waals surface area contributed by atoms with E-state index in [1.807, 2.05) is 20.8 Å². The molecule has 0 saturated carbocycles. The number of ether oxygens (including phenoxy) is 1. The Kier molecular flexibility index (Phi) is 7.54. The summed E-state index contributed by atoms with van der Waals surface area (Å²) in [6.07, 6.45) is 0.629. The normalized spacial score (nSPS) is 12.6. The molecule has 1 atom stereocenters. The fourth-order valence-corrected chi connectivity index (χ4v) is 1.60. The number of likely N-dealkylation sites (N-methyl/N-ethyl adjacent to an activating group) is 1. The molecule has 0 radical (unpaired) electrons. The van der Waals surface area contributed by atoms with Gasteiger partial charge in [-0.2, -0.15) is 0 Å². The first-order chi connectivity index (χ1) is 7.92. The van der Waals surface area contributed by atoms with Gasteiger partial charge in [-0.15, -0.1) is 0 Å². The topological polar surface area (TPSA) is 58.6 Å². The van der Waals surface area contributed by atoms with Gasteiger partial charge in [-0.3, -0.25) is 14.5 Å². The van der Waals surface area contributed by atoms with Crippen molar-refractivity contribution in [2.45, 2.75) is 46.2 Å². The van der Waals surface area contributed by atoms with Gasteiger partial charge in [0, 0.05) is 6.04 Å². The first-order valence-electron chi connectivity index (χ1n) is 6.08. The van der Waals surface area contributed by atoms with E-state index in [1.165, 1.54) is 0 Å². The molecule has 100 valence electrons. The van der Waals surface area contributed by atoms with E-state index in [0.29, 0.717) is 13.0 Å². The van der Waals surface area contributed by atoms with Crippen molar-refractivity contribution in [2.75, 3.05) is 20.2 Å². The number of hydrogen-bond acceptors (Lipinski definition) is 4. The largest absolute Gasteiger partial charge is 0.465 e. The number of rotatable bonds is 7. The summed E-state index contributed by atoms with van der Waals surface area (Å²) in [7, 11) is 1.75. The zero-order chi connectivity index (χ0) is 13.4. The fraction of sp³-hybridized carbons (Fsp3) is 0.833. The lowest BCUT2D eigenvalue weighted by atomic mass is 10.2. The third-order valence-corrected chi connectivity index (χ3v) is 2.32. The number of carbonyl (C=O) groups excluding carboxylic acids is 2. The summed E-state index contributed by atoms with van der Waals surface area (Å²) in [5.74, 6) is -0.347. The molecule has 1 unspecified atom stereocenters. The Morgan fingerprint density at radius 2 is 1.88 bits per heavy atom. The van der Waals surface area contributed by atoms with E-state index in [2.05, 4.69) is 5.32 Å². The van der Waals surface area contributed by atoms with Gasteiger partial charge in [-0.25, -0.2) is 0 Å². The molecule has 0 aromatic heterocycles. The molecule has 0 fully saturated rings. The maximum atomic E-state index is 11.6. The molecular weight excluding hydrogens is 220 g/mol. The van der Waals surface area contributed by atoms with Gasteiger partial charge in [0.1, 0.15) is 6.04 Å². The van der Waals surface area contributed by atoms with Crippen molar-refractivity contribution in [1.82, 2.24) is 10.2 Å². The summed E-state index contributed by atoms with van der Waals surface area (Å²) in [4.78, 5) is 24.9. The molecule has 1 amide bonds. The van der Waals surface area contributed by atoms with Crippen LogP contribution in [0.2, 0.25) is 0 Å². The van der Waals surface area contributed by atoms with Crippen LogP contribution < -0.4 is 5.32 Å². The van der Waals surface area contributed by atoms with Crippen LogP contribution in [-0.4, -0.2) is 49.1 Å². The van der Waals surface area contributed by atoms with Crippen LogP contribution in [0.4, 0.5) is 0 Å². The third kappa shape index (κ3) is 6.26. The zero-order valence-corrected chi connectivity index (χ0v) is 11.4. The van der Waals surface area contributed by atoms with Crippen molar-refractivity contribution >= 4 is 11.9 Å². The second kappa shape index (κ2) is 8.06. The number of nitrogens with zero attached hydrogens (tertiary/aromatic N) is 1. The summed E-state index contributed by atoms with van der Waals surface area (Å²) < 4.78 is 4.97. The Morgan fingerprint density at radius 3 is 2.29 bits per heavy atom. The van der Waals surface area contributed by atoms with Crippen LogP contribution in [0.15, 0.2) is 0 Å². The molecule has 0 spiro atoms. The van der Waals surface area contributed by atoms with Gasteiger partial charge in [0.15, 0.2) is 0 Å². The van der Waals surface area contributed by atoms with E-state index in [1.54, 1.807) is 18.9 Å². The molecule has 0 aliphatic heterocycles. The highest BCUT2D eigenvalue weighted by Crippen LogP contribution is 2.04. The molecule has 1 N–H and O–H groups in total. The van der Waals surface area contributed by atoms with Crippen molar-refractivity contribution in [3.05, 3.63) is 0 Å². The molecule has 0 heterocycles. The van der Waals surface area contributed by atoms with Crippen LogP contribution in [0.5, 0.6) is 0 Å². The van der Waals surface area contributed by atoms with Crippen LogP contribution in [0, 0.1) is 0 Å². The molecule has 0 aliphatic rings. The van der Waals surface area contributed by atoms with Gasteiger partial charge in [0.05, 0.1) is 13.2 Å². The number of carbonyl (C=O) groups is 2. The Labute approximate surface area is 103 Å². The highest BCUT2D eigenvalue weighted by molar-refractivity contribution is 5.80. The minimum Gasteiger partial charge on any atom is -0.465 e. The maximum Gasteiger partial charge on any atom is 0.323 e. The number of esters is 1. The molecule has 17 heavy (non-hydrogen) atoms. The molecule has 0 aromatic rings. The van der Waals surface area contributed by atoms with E-state index in [-0.39, 0.29) is 30.5 Å². The highest BCUT2D eigenvalue weighted by Gasteiger charge is 2.24. The van der Waals surface area contributed by atoms with Crippen molar-refractivity contribution in [3.8, 4) is 0 Å². The average molecular weight is 244 g/mol. The molecule has 0 saturated heterocycles. The molecule has 0 aliphatic carbocycles. The smallest absolute Gasteiger partial charge is 0.323 e. The van der Waals surface area contributed by atoms with Crippen LogP contribution in [0.3, 0.4) is 0 Å². The first kappa shape index (κ1) is 15.9. The Bertz CT molecular complexity index is 254. The lowest BCUT2D eigenvalue weighted by molar-refractivity contribution is -0.149. The summed E-state index contributed by atoms with van der Waals surface area (Å²) in [6.45, 7) is 8.05. The lowest BCUT2D eigenvalue weighted by Gasteiger charge is -2.25. The Morgan fingerprint density at radius 1 is 1.29 bits per heavy atom. The summed E-state index contributed by atoms with van der Waals surface area (Å²) in [6, 6.07) is -0.244. The zero-order valence-electron chi connectivity index (χ0n) is 11.4. The second-order valence-electron chi connectivity index (χ2n) is 4.31. The van der Waals surface area contributed by atoms with Gasteiger partial charge >= 0.3 is 5.97 Å². The van der Waals surface area contributed by atoms with Crippen LogP contribution in [-0.2, 0) is 14.3 Å². The minimum atomic E-state index is -0.354. The van der Waals surface area contributed by atoms with Crippen LogP contribution in [0.1, 0.15) is 34.1 Å². The van der Waals surface area contributed by atoms with Gasteiger partial charge < -0.3 is 10.1 Å². The Hall–Kier alpha value is -1.10. The van der Waals surface area contributed by atoms with Gasteiger partial charge in [-0.1, -0.05) is 6.92 Å². The molecule has 0 aromatic carbocycles. The maximum absolute atomic E-state index is 11.6. The van der Waals surface area contributed by atoms with Crippen molar-refractivity contribution < 1.29 is 14.3 Å². The van der Waals surface area contributed by atoms with Crippen molar-refractivity contribution in [2.24, 2.45) is 0 Å². The first-order valence-corrected chi connectivity index (χ1v) is 6.08. The molecule has 5 heteroatoms.